The maximum atomic E-state index is 13.3. The fourth-order valence-corrected chi connectivity index (χ4v) is 2.74. The topological polar surface area (TPSA) is 66.9 Å². The number of aryl methyl sites for hydroxylation is 1. The van der Waals surface area contributed by atoms with E-state index in [1.165, 1.54) is 18.2 Å². The van der Waals surface area contributed by atoms with Gasteiger partial charge in [-0.15, -0.1) is 0 Å². The third-order valence-corrected chi connectivity index (χ3v) is 4.00. The number of hydrogen-bond acceptors (Lipinski definition) is 4. The molecular weight excluding hydrogens is 343 g/mol. The van der Waals surface area contributed by atoms with E-state index in [0.29, 0.717) is 23.2 Å². The molecule has 0 saturated heterocycles. The van der Waals surface area contributed by atoms with E-state index in [-0.39, 0.29) is 5.69 Å². The summed E-state index contributed by atoms with van der Waals surface area (Å²) in [6.45, 7) is 6.01. The number of halogens is 1. The van der Waals surface area contributed by atoms with Gasteiger partial charge in [0.25, 0.3) is 5.91 Å². The molecule has 0 bridgehead atoms. The van der Waals surface area contributed by atoms with E-state index in [2.05, 4.69) is 34.4 Å². The molecule has 5 nitrogen and oxygen atoms in total. The molecule has 0 atom stereocenters. The average molecular weight is 364 g/mol. The standard InChI is InChI=1S/C21H21FN4O/c1-13(2)17-9-4-5-10-18(17)25-21-23-14(3)11-19(26-21)20(27)24-16-8-6-7-15(22)12-16/h4-13H,1-3H3,(H,24,27)(H,23,25,26). The van der Waals surface area contributed by atoms with Gasteiger partial charge in [0, 0.05) is 17.1 Å². The molecule has 27 heavy (non-hydrogen) atoms. The first-order valence-electron chi connectivity index (χ1n) is 8.71. The van der Waals surface area contributed by atoms with Crippen LogP contribution in [-0.4, -0.2) is 15.9 Å². The zero-order valence-electron chi connectivity index (χ0n) is 15.5. The maximum Gasteiger partial charge on any atom is 0.274 e. The molecule has 0 unspecified atom stereocenters. The highest BCUT2D eigenvalue weighted by molar-refractivity contribution is 6.03. The lowest BCUT2D eigenvalue weighted by molar-refractivity contribution is 0.102. The lowest BCUT2D eigenvalue weighted by atomic mass is 10.0. The summed E-state index contributed by atoms with van der Waals surface area (Å²) in [6.07, 6.45) is 0. The van der Waals surface area contributed by atoms with Crippen LogP contribution >= 0.6 is 0 Å². The highest BCUT2D eigenvalue weighted by Crippen LogP contribution is 2.26. The Labute approximate surface area is 157 Å². The number of carbonyl (C=O) groups excluding carboxylic acids is 1. The minimum absolute atomic E-state index is 0.205. The predicted molar refractivity (Wildman–Crippen MR) is 105 cm³/mol. The van der Waals surface area contributed by atoms with E-state index >= 15 is 0 Å². The van der Waals surface area contributed by atoms with Gasteiger partial charge in [0.1, 0.15) is 11.5 Å². The second-order valence-corrected chi connectivity index (χ2v) is 6.55. The van der Waals surface area contributed by atoms with Gasteiger partial charge >= 0.3 is 0 Å². The second kappa shape index (κ2) is 7.95. The average Bonchev–Trinajstić information content (AvgIpc) is 2.61. The van der Waals surface area contributed by atoms with Crippen molar-refractivity contribution in [1.29, 1.82) is 0 Å². The van der Waals surface area contributed by atoms with Crippen LogP contribution in [0, 0.1) is 12.7 Å². The summed E-state index contributed by atoms with van der Waals surface area (Å²) in [5.74, 6) is -0.174. The van der Waals surface area contributed by atoms with Crippen LogP contribution in [0.5, 0.6) is 0 Å². The van der Waals surface area contributed by atoms with Crippen molar-refractivity contribution in [2.75, 3.05) is 10.6 Å². The van der Waals surface area contributed by atoms with Gasteiger partial charge in [-0.3, -0.25) is 4.79 Å². The van der Waals surface area contributed by atoms with Crippen molar-refractivity contribution in [2.45, 2.75) is 26.7 Å². The number of nitrogens with zero attached hydrogens (tertiary/aromatic N) is 2. The molecule has 0 spiro atoms. The van der Waals surface area contributed by atoms with Crippen LogP contribution in [0.3, 0.4) is 0 Å². The molecule has 0 saturated carbocycles. The predicted octanol–water partition coefficient (Wildman–Crippen LogP) is 5.04. The first-order chi connectivity index (χ1) is 12.9. The molecule has 6 heteroatoms. The van der Waals surface area contributed by atoms with Gasteiger partial charge in [-0.05, 0) is 48.7 Å². The number of carbonyl (C=O) groups is 1. The molecular formula is C21H21FN4O. The van der Waals surface area contributed by atoms with Crippen LogP contribution < -0.4 is 10.6 Å². The summed E-state index contributed by atoms with van der Waals surface area (Å²) >= 11 is 0. The third-order valence-electron chi connectivity index (χ3n) is 4.00. The Balaban J connectivity index is 1.85. The first-order valence-corrected chi connectivity index (χ1v) is 8.71. The Morgan fingerprint density at radius 2 is 1.81 bits per heavy atom. The van der Waals surface area contributed by atoms with E-state index in [1.807, 2.05) is 24.3 Å². The molecule has 0 radical (unpaired) electrons. The minimum Gasteiger partial charge on any atom is -0.324 e. The van der Waals surface area contributed by atoms with Crippen LogP contribution in [-0.2, 0) is 0 Å². The quantitative estimate of drug-likeness (QED) is 0.665. The largest absolute Gasteiger partial charge is 0.324 e. The summed E-state index contributed by atoms with van der Waals surface area (Å²) in [5, 5.41) is 5.85. The molecule has 1 amide bonds. The highest BCUT2D eigenvalue weighted by Gasteiger charge is 2.13. The Hall–Kier alpha value is -3.28. The lowest BCUT2D eigenvalue weighted by Crippen LogP contribution is -2.15. The second-order valence-electron chi connectivity index (χ2n) is 6.55. The van der Waals surface area contributed by atoms with Gasteiger partial charge < -0.3 is 10.6 Å². The number of rotatable bonds is 5. The van der Waals surface area contributed by atoms with Crippen molar-refractivity contribution < 1.29 is 9.18 Å². The maximum absolute atomic E-state index is 13.3. The number of amides is 1. The van der Waals surface area contributed by atoms with Gasteiger partial charge in [0.15, 0.2) is 0 Å². The number of para-hydroxylation sites is 1. The highest BCUT2D eigenvalue weighted by atomic mass is 19.1. The van der Waals surface area contributed by atoms with E-state index in [4.69, 9.17) is 0 Å². The Kier molecular flexibility index (Phi) is 5.45. The zero-order valence-corrected chi connectivity index (χ0v) is 15.5. The van der Waals surface area contributed by atoms with Crippen LogP contribution in [0.25, 0.3) is 0 Å². The third kappa shape index (κ3) is 4.67. The van der Waals surface area contributed by atoms with E-state index in [0.717, 1.165) is 11.3 Å². The van der Waals surface area contributed by atoms with Gasteiger partial charge in [-0.2, -0.15) is 0 Å². The number of anilines is 3. The Morgan fingerprint density at radius 1 is 1.04 bits per heavy atom. The molecule has 138 valence electrons. The van der Waals surface area contributed by atoms with Gasteiger partial charge in [0.05, 0.1) is 0 Å². The molecule has 0 aliphatic carbocycles. The van der Waals surface area contributed by atoms with Crippen LogP contribution in [0.2, 0.25) is 0 Å². The molecule has 1 aromatic heterocycles. The monoisotopic (exact) mass is 364 g/mol. The summed E-state index contributed by atoms with van der Waals surface area (Å²) in [4.78, 5) is 21.2. The number of nitrogens with one attached hydrogen (secondary N) is 2. The number of aromatic nitrogens is 2. The van der Waals surface area contributed by atoms with E-state index in [1.54, 1.807) is 19.1 Å². The zero-order chi connectivity index (χ0) is 19.4. The molecule has 0 fully saturated rings. The van der Waals surface area contributed by atoms with Crippen LogP contribution in [0.15, 0.2) is 54.6 Å². The van der Waals surface area contributed by atoms with Crippen molar-refractivity contribution in [3.05, 3.63) is 77.4 Å². The van der Waals surface area contributed by atoms with Crippen molar-refractivity contribution in [2.24, 2.45) is 0 Å². The van der Waals surface area contributed by atoms with E-state index in [9.17, 15) is 9.18 Å². The van der Waals surface area contributed by atoms with Crippen molar-refractivity contribution in [1.82, 2.24) is 9.97 Å². The molecule has 3 aromatic rings. The van der Waals surface area contributed by atoms with Crippen molar-refractivity contribution >= 4 is 23.2 Å². The number of hydrogen-bond donors (Lipinski definition) is 2. The lowest BCUT2D eigenvalue weighted by Gasteiger charge is -2.14. The Bertz CT molecular complexity index is 972. The summed E-state index contributed by atoms with van der Waals surface area (Å²) < 4.78 is 13.3. The van der Waals surface area contributed by atoms with E-state index < -0.39 is 11.7 Å². The SMILES string of the molecule is Cc1cc(C(=O)Nc2cccc(F)c2)nc(Nc2ccccc2C(C)C)n1. The van der Waals surface area contributed by atoms with Crippen LogP contribution in [0.1, 0.15) is 41.5 Å². The van der Waals surface area contributed by atoms with Gasteiger partial charge in [-0.25, -0.2) is 14.4 Å². The normalized spacial score (nSPS) is 10.7. The summed E-state index contributed by atoms with van der Waals surface area (Å²) in [5.41, 5.74) is 3.26. The molecule has 1 heterocycles. The minimum atomic E-state index is -0.425. The fraction of sp³-hybridized carbons (Fsp3) is 0.190. The molecule has 0 aliphatic heterocycles. The molecule has 2 aromatic carbocycles. The molecule has 3 rings (SSSR count). The summed E-state index contributed by atoms with van der Waals surface area (Å²) in [6, 6.07) is 15.2. The summed E-state index contributed by atoms with van der Waals surface area (Å²) in [7, 11) is 0. The van der Waals surface area contributed by atoms with Crippen molar-refractivity contribution in [3.8, 4) is 0 Å². The fourth-order valence-electron chi connectivity index (χ4n) is 2.74. The van der Waals surface area contributed by atoms with Gasteiger partial charge in [0.2, 0.25) is 5.95 Å². The molecule has 0 aliphatic rings. The Morgan fingerprint density at radius 3 is 2.56 bits per heavy atom. The van der Waals surface area contributed by atoms with Crippen LogP contribution in [0.4, 0.5) is 21.7 Å². The molecule has 2 N–H and O–H groups in total. The smallest absolute Gasteiger partial charge is 0.274 e. The van der Waals surface area contributed by atoms with Crippen molar-refractivity contribution in [3.63, 3.8) is 0 Å². The van der Waals surface area contributed by atoms with Gasteiger partial charge in [-0.1, -0.05) is 38.1 Å². The number of benzene rings is 2. The first kappa shape index (κ1) is 18.5.